The molecule has 0 bridgehead atoms. The number of benzene rings is 1. The lowest BCUT2D eigenvalue weighted by molar-refractivity contribution is -0.137. The molecule has 2 amide bonds. The highest BCUT2D eigenvalue weighted by molar-refractivity contribution is 6.04. The molecule has 0 radical (unpaired) electrons. The molecule has 40 heavy (non-hydrogen) atoms. The number of amides is 2. The molecule has 0 spiro atoms. The van der Waals surface area contributed by atoms with Gasteiger partial charge in [0.2, 0.25) is 5.91 Å². The predicted octanol–water partition coefficient (Wildman–Crippen LogP) is 3.52. The third-order valence-electron chi connectivity index (χ3n) is 6.25. The molecule has 208 valence electrons. The lowest BCUT2D eigenvalue weighted by Gasteiger charge is -2.16. The third-order valence-corrected chi connectivity index (χ3v) is 6.25. The first kappa shape index (κ1) is 27.0. The summed E-state index contributed by atoms with van der Waals surface area (Å²) in [6, 6.07) is 11.4. The van der Waals surface area contributed by atoms with Gasteiger partial charge >= 0.3 is 6.18 Å². The first-order valence-corrected chi connectivity index (χ1v) is 12.4. The van der Waals surface area contributed by atoms with Crippen LogP contribution in [0.25, 0.3) is 11.3 Å². The molecule has 4 N–H and O–H groups in total. The second-order valence-corrected chi connectivity index (χ2v) is 9.43. The van der Waals surface area contributed by atoms with Gasteiger partial charge in [-0.2, -0.15) is 23.4 Å². The van der Waals surface area contributed by atoms with Gasteiger partial charge in [0.1, 0.15) is 17.8 Å². The normalized spacial score (nSPS) is 17.1. The summed E-state index contributed by atoms with van der Waals surface area (Å²) < 4.78 is 44.1. The van der Waals surface area contributed by atoms with Crippen molar-refractivity contribution in [2.45, 2.75) is 38.1 Å². The van der Waals surface area contributed by atoms with E-state index >= 15 is 0 Å². The van der Waals surface area contributed by atoms with Gasteiger partial charge in [-0.05, 0) is 43.3 Å². The van der Waals surface area contributed by atoms with E-state index in [-0.39, 0.29) is 47.2 Å². The van der Waals surface area contributed by atoms with Crippen LogP contribution < -0.4 is 21.5 Å². The maximum Gasteiger partial charge on any atom is 0.417 e. The number of hydrazine groups is 1. The maximum absolute atomic E-state index is 13.7. The van der Waals surface area contributed by atoms with Crippen LogP contribution in [0.4, 0.5) is 24.8 Å². The van der Waals surface area contributed by atoms with Crippen molar-refractivity contribution in [1.29, 1.82) is 0 Å². The number of nitrogens with zero attached hydrogens (tertiary/aromatic N) is 5. The fourth-order valence-electron chi connectivity index (χ4n) is 4.39. The lowest BCUT2D eigenvalue weighted by atomic mass is 10.0. The van der Waals surface area contributed by atoms with Crippen LogP contribution in [0.2, 0.25) is 0 Å². The third kappa shape index (κ3) is 6.02. The smallest absolute Gasteiger partial charge is 0.310 e. The largest absolute Gasteiger partial charge is 0.417 e. The van der Waals surface area contributed by atoms with Gasteiger partial charge in [0.05, 0.1) is 23.4 Å². The molecular weight excluding hydrogens is 527 g/mol. The van der Waals surface area contributed by atoms with Crippen LogP contribution in [-0.2, 0) is 24.4 Å². The zero-order valence-electron chi connectivity index (χ0n) is 21.5. The molecule has 1 fully saturated rings. The van der Waals surface area contributed by atoms with Crippen LogP contribution in [0.5, 0.6) is 0 Å². The SMILES string of the molecule is CC1CC(n2nc(CC(=O)Nc3ccccn3)cc2NC(=O)c2ccc(C(F)(F)F)c(-c3ccn(C)n3)c2)NN1. The van der Waals surface area contributed by atoms with Crippen LogP contribution in [0, 0.1) is 0 Å². The van der Waals surface area contributed by atoms with E-state index in [0.717, 1.165) is 12.1 Å². The molecule has 11 nitrogen and oxygen atoms in total. The molecule has 1 aliphatic heterocycles. The summed E-state index contributed by atoms with van der Waals surface area (Å²) in [6.45, 7) is 1.97. The summed E-state index contributed by atoms with van der Waals surface area (Å²) in [5.41, 5.74) is 5.54. The Labute approximate surface area is 226 Å². The van der Waals surface area contributed by atoms with Crippen molar-refractivity contribution in [3.8, 4) is 11.3 Å². The van der Waals surface area contributed by atoms with Crippen molar-refractivity contribution in [1.82, 2.24) is 35.4 Å². The highest BCUT2D eigenvalue weighted by Gasteiger charge is 2.35. The van der Waals surface area contributed by atoms with E-state index in [2.05, 4.69) is 36.7 Å². The first-order chi connectivity index (χ1) is 19.1. The van der Waals surface area contributed by atoms with E-state index in [1.807, 2.05) is 6.92 Å². The number of aryl methyl sites for hydroxylation is 1. The van der Waals surface area contributed by atoms with E-state index in [1.165, 1.54) is 23.0 Å². The molecular formula is C26H26F3N9O2. The Hall–Kier alpha value is -4.56. The molecule has 4 aromatic rings. The summed E-state index contributed by atoms with van der Waals surface area (Å²) in [4.78, 5) is 29.9. The van der Waals surface area contributed by atoms with Crippen molar-refractivity contribution in [2.75, 3.05) is 10.6 Å². The highest BCUT2D eigenvalue weighted by Crippen LogP contribution is 2.37. The summed E-state index contributed by atoms with van der Waals surface area (Å²) in [5, 5.41) is 14.0. The molecule has 0 aliphatic carbocycles. The van der Waals surface area contributed by atoms with Crippen LogP contribution in [0.3, 0.4) is 0 Å². The van der Waals surface area contributed by atoms with Crippen LogP contribution in [-0.4, -0.2) is 42.4 Å². The van der Waals surface area contributed by atoms with Gasteiger partial charge < -0.3 is 10.6 Å². The van der Waals surface area contributed by atoms with Gasteiger partial charge in [-0.3, -0.25) is 19.7 Å². The van der Waals surface area contributed by atoms with E-state index in [9.17, 15) is 22.8 Å². The van der Waals surface area contributed by atoms with Crippen molar-refractivity contribution >= 4 is 23.5 Å². The van der Waals surface area contributed by atoms with Gasteiger partial charge in [-0.25, -0.2) is 15.1 Å². The molecule has 3 aromatic heterocycles. The van der Waals surface area contributed by atoms with Crippen molar-refractivity contribution in [3.63, 3.8) is 0 Å². The Morgan fingerprint density at radius 3 is 2.55 bits per heavy atom. The number of anilines is 2. The van der Waals surface area contributed by atoms with E-state index in [4.69, 9.17) is 0 Å². The molecule has 2 unspecified atom stereocenters. The van der Waals surface area contributed by atoms with Crippen LogP contribution in [0.1, 0.15) is 41.1 Å². The fraction of sp³-hybridized carbons (Fsp3) is 0.269. The summed E-state index contributed by atoms with van der Waals surface area (Å²) in [7, 11) is 1.59. The predicted molar refractivity (Wildman–Crippen MR) is 140 cm³/mol. The minimum atomic E-state index is -4.64. The number of carbonyl (C=O) groups excluding carboxylic acids is 2. The number of pyridine rings is 1. The number of carbonyl (C=O) groups is 2. The monoisotopic (exact) mass is 553 g/mol. The maximum atomic E-state index is 13.7. The summed E-state index contributed by atoms with van der Waals surface area (Å²) in [5.74, 6) is -0.328. The summed E-state index contributed by atoms with van der Waals surface area (Å²) in [6.07, 6.45) is -1.35. The average molecular weight is 554 g/mol. The van der Waals surface area contributed by atoms with Crippen LogP contribution in [0.15, 0.2) is 60.9 Å². The van der Waals surface area contributed by atoms with Crippen molar-refractivity contribution < 1.29 is 22.8 Å². The lowest BCUT2D eigenvalue weighted by Crippen LogP contribution is -2.32. The molecule has 1 aromatic carbocycles. The van der Waals surface area contributed by atoms with Gasteiger partial charge in [-0.1, -0.05) is 6.07 Å². The topological polar surface area (TPSA) is 131 Å². The van der Waals surface area contributed by atoms with Gasteiger partial charge in [0, 0.05) is 49.1 Å². The van der Waals surface area contributed by atoms with Gasteiger partial charge in [-0.15, -0.1) is 0 Å². The quantitative estimate of drug-likeness (QED) is 0.276. The Morgan fingerprint density at radius 1 is 1.07 bits per heavy atom. The standard InChI is InChI=1S/C26H26F3N9O2/c1-15-11-23(34-33-15)38-22(13-17(35-38)14-24(39)31-21-5-3-4-9-30-21)32-25(40)16-6-7-19(26(27,28)29)18(12-16)20-8-10-37(2)36-20/h3-10,12-13,15,23,33-34H,11,14H2,1-2H3,(H,32,40)(H,30,31,39). The van der Waals surface area contributed by atoms with E-state index in [1.54, 1.807) is 42.2 Å². The number of alkyl halides is 3. The van der Waals surface area contributed by atoms with Crippen molar-refractivity contribution in [2.24, 2.45) is 7.05 Å². The van der Waals surface area contributed by atoms with Gasteiger partial charge in [0.25, 0.3) is 5.91 Å². The second-order valence-electron chi connectivity index (χ2n) is 9.43. The highest BCUT2D eigenvalue weighted by atomic mass is 19.4. The zero-order valence-corrected chi connectivity index (χ0v) is 21.5. The number of nitrogens with one attached hydrogen (secondary N) is 4. The molecule has 5 rings (SSSR count). The Kier molecular flexibility index (Phi) is 7.36. The Bertz CT molecular complexity index is 1530. The van der Waals surface area contributed by atoms with Crippen LogP contribution >= 0.6 is 0 Å². The molecule has 1 saturated heterocycles. The Balaban J connectivity index is 1.42. The van der Waals surface area contributed by atoms with Gasteiger partial charge in [0.15, 0.2) is 0 Å². The zero-order chi connectivity index (χ0) is 28.4. The van der Waals surface area contributed by atoms with E-state index in [0.29, 0.717) is 17.9 Å². The minimum Gasteiger partial charge on any atom is -0.310 e. The van der Waals surface area contributed by atoms with Crippen molar-refractivity contribution in [3.05, 3.63) is 77.7 Å². The molecule has 4 heterocycles. The molecule has 14 heteroatoms. The fourth-order valence-corrected chi connectivity index (χ4v) is 4.39. The first-order valence-electron chi connectivity index (χ1n) is 12.4. The number of rotatable bonds is 7. The number of hydrogen-bond acceptors (Lipinski definition) is 7. The summed E-state index contributed by atoms with van der Waals surface area (Å²) >= 11 is 0. The Morgan fingerprint density at radius 2 is 1.90 bits per heavy atom. The molecule has 2 atom stereocenters. The average Bonchev–Trinajstić information content (AvgIpc) is 3.63. The molecule has 0 saturated carbocycles. The molecule has 1 aliphatic rings. The minimum absolute atomic E-state index is 0.00159. The number of aromatic nitrogens is 5. The number of halogens is 3. The van der Waals surface area contributed by atoms with E-state index < -0.39 is 17.6 Å². The number of hydrogen-bond donors (Lipinski definition) is 4. The second kappa shape index (κ2) is 10.9.